The summed E-state index contributed by atoms with van der Waals surface area (Å²) in [6.07, 6.45) is 6.91. The normalized spacial score (nSPS) is 19.2. The molecule has 2 amide bonds. The van der Waals surface area contributed by atoms with E-state index in [4.69, 9.17) is 33.3 Å². The van der Waals surface area contributed by atoms with Crippen LogP contribution in [0.5, 0.6) is 0 Å². The van der Waals surface area contributed by atoms with E-state index < -0.39 is 5.92 Å². The van der Waals surface area contributed by atoms with Gasteiger partial charge in [-0.1, -0.05) is 36.2 Å². The Labute approximate surface area is 197 Å². The molecule has 0 bridgehead atoms. The van der Waals surface area contributed by atoms with E-state index in [1.807, 2.05) is 24.3 Å². The van der Waals surface area contributed by atoms with Crippen molar-refractivity contribution in [1.29, 1.82) is 0 Å². The van der Waals surface area contributed by atoms with Gasteiger partial charge in [0.1, 0.15) is 5.92 Å². The van der Waals surface area contributed by atoms with Crippen molar-refractivity contribution in [3.05, 3.63) is 58.5 Å². The number of carbonyl (C=O) groups excluding carboxylic acids is 2. The SMILES string of the molecule is O=C(CCCCCN1C(=O)C2C=C3OCOC3=CC2=NC1=S)NCCc1ccccc1Cl. The summed E-state index contributed by atoms with van der Waals surface area (Å²) < 4.78 is 10.7. The predicted octanol–water partition coefficient (Wildman–Crippen LogP) is 3.53. The third-order valence-corrected chi connectivity index (χ3v) is 6.22. The van der Waals surface area contributed by atoms with Crippen LogP contribution < -0.4 is 5.32 Å². The molecular weight excluding hydrogens is 450 g/mol. The number of rotatable bonds is 9. The van der Waals surface area contributed by atoms with Crippen molar-refractivity contribution in [2.24, 2.45) is 10.9 Å². The Hall–Kier alpha value is -2.71. The van der Waals surface area contributed by atoms with E-state index in [1.54, 1.807) is 17.1 Å². The van der Waals surface area contributed by atoms with Crippen LogP contribution in [0.1, 0.15) is 31.2 Å². The van der Waals surface area contributed by atoms with Crippen molar-refractivity contribution in [2.45, 2.75) is 32.1 Å². The van der Waals surface area contributed by atoms with Crippen LogP contribution in [0.15, 0.2) is 52.9 Å². The molecule has 3 aliphatic rings. The molecule has 1 aromatic rings. The van der Waals surface area contributed by atoms with Crippen LogP contribution in [0.25, 0.3) is 0 Å². The molecule has 0 radical (unpaired) electrons. The molecule has 1 atom stereocenters. The molecule has 1 aromatic carbocycles. The van der Waals surface area contributed by atoms with Crippen LogP contribution >= 0.6 is 23.8 Å². The Morgan fingerprint density at radius 3 is 2.88 bits per heavy atom. The van der Waals surface area contributed by atoms with Gasteiger partial charge in [0.15, 0.2) is 11.5 Å². The lowest BCUT2D eigenvalue weighted by atomic mass is 9.93. The molecule has 168 valence electrons. The van der Waals surface area contributed by atoms with E-state index >= 15 is 0 Å². The monoisotopic (exact) mass is 473 g/mol. The number of thiocarbonyl (C=S) groups is 1. The van der Waals surface area contributed by atoms with Crippen LogP contribution in [0.2, 0.25) is 5.02 Å². The number of amides is 2. The summed E-state index contributed by atoms with van der Waals surface area (Å²) in [5.41, 5.74) is 1.61. The number of benzene rings is 1. The van der Waals surface area contributed by atoms with E-state index in [0.717, 1.165) is 24.8 Å². The fourth-order valence-electron chi connectivity index (χ4n) is 3.80. The standard InChI is InChI=1S/C23H24ClN3O4S/c24-17-7-4-3-6-15(17)9-10-25-21(28)8-2-1-5-11-27-22(29)16-12-19-20(31-14-30-19)13-18(16)26-23(27)32/h3-4,6-7,12-13,16H,1-2,5,8-11,14H2,(H,25,28). The minimum absolute atomic E-state index is 0.0195. The van der Waals surface area contributed by atoms with Gasteiger partial charge in [0.05, 0.1) is 5.71 Å². The summed E-state index contributed by atoms with van der Waals surface area (Å²) in [5, 5.41) is 3.91. The average molecular weight is 474 g/mol. The smallest absolute Gasteiger partial charge is 0.241 e. The predicted molar refractivity (Wildman–Crippen MR) is 125 cm³/mol. The number of nitrogens with zero attached hydrogens (tertiary/aromatic N) is 2. The summed E-state index contributed by atoms with van der Waals surface area (Å²) >= 11 is 11.5. The van der Waals surface area contributed by atoms with Gasteiger partial charge in [-0.15, -0.1) is 0 Å². The van der Waals surface area contributed by atoms with Crippen LogP contribution in [-0.2, 0) is 25.5 Å². The number of hydrogen-bond donors (Lipinski definition) is 1. The van der Waals surface area contributed by atoms with Crippen molar-refractivity contribution >= 4 is 46.5 Å². The van der Waals surface area contributed by atoms with Gasteiger partial charge in [-0.25, -0.2) is 4.99 Å². The molecule has 0 spiro atoms. The summed E-state index contributed by atoms with van der Waals surface area (Å²) in [6, 6.07) is 7.63. The second-order valence-corrected chi connectivity index (χ2v) is 8.51. The van der Waals surface area contributed by atoms with Gasteiger partial charge in [-0.2, -0.15) is 0 Å². The quantitative estimate of drug-likeness (QED) is 0.438. The number of halogens is 1. The number of unbranched alkanes of at least 4 members (excludes halogenated alkanes) is 2. The van der Waals surface area contributed by atoms with Gasteiger partial charge in [-0.05, 0) is 49.2 Å². The first-order valence-electron chi connectivity index (χ1n) is 10.7. The van der Waals surface area contributed by atoms with E-state index in [0.29, 0.717) is 48.2 Å². The summed E-state index contributed by atoms with van der Waals surface area (Å²) in [5.74, 6) is 0.595. The van der Waals surface area contributed by atoms with Gasteiger partial charge in [0.2, 0.25) is 23.7 Å². The molecule has 9 heteroatoms. The average Bonchev–Trinajstić information content (AvgIpc) is 3.23. The zero-order valence-corrected chi connectivity index (χ0v) is 19.1. The Bertz CT molecular complexity index is 1020. The van der Waals surface area contributed by atoms with Crippen molar-refractivity contribution < 1.29 is 19.1 Å². The molecule has 2 heterocycles. The molecule has 0 saturated carbocycles. The fraction of sp³-hybridized carbons (Fsp3) is 0.391. The molecule has 2 aliphatic heterocycles. The number of aliphatic imine (C=N–C) groups is 1. The van der Waals surface area contributed by atoms with Gasteiger partial charge in [0.25, 0.3) is 0 Å². The molecular formula is C23H24ClN3O4S. The topological polar surface area (TPSA) is 80.2 Å². The maximum absolute atomic E-state index is 12.9. The van der Waals surface area contributed by atoms with Crippen LogP contribution in [0.4, 0.5) is 0 Å². The largest absolute Gasteiger partial charge is 0.454 e. The number of nitrogens with one attached hydrogen (secondary N) is 1. The lowest BCUT2D eigenvalue weighted by Gasteiger charge is -2.30. The number of ether oxygens (including phenoxy) is 2. The highest BCUT2D eigenvalue weighted by Crippen LogP contribution is 2.31. The second kappa shape index (κ2) is 10.3. The molecule has 1 N–H and O–H groups in total. The number of allylic oxidation sites excluding steroid dienone is 1. The Balaban J connectivity index is 1.16. The number of hydrogen-bond acceptors (Lipinski definition) is 5. The molecule has 1 saturated heterocycles. The summed E-state index contributed by atoms with van der Waals surface area (Å²) in [4.78, 5) is 30.9. The minimum atomic E-state index is -0.494. The molecule has 1 unspecified atom stereocenters. The van der Waals surface area contributed by atoms with Gasteiger partial charge < -0.3 is 14.8 Å². The van der Waals surface area contributed by atoms with Gasteiger partial charge in [0, 0.05) is 30.6 Å². The highest BCUT2D eigenvalue weighted by molar-refractivity contribution is 7.80. The summed E-state index contributed by atoms with van der Waals surface area (Å²) in [7, 11) is 0. The number of fused-ring (bicyclic) bond motifs is 2. The maximum Gasteiger partial charge on any atom is 0.241 e. The summed E-state index contributed by atoms with van der Waals surface area (Å²) in [6.45, 7) is 1.19. The lowest BCUT2D eigenvalue weighted by molar-refractivity contribution is -0.128. The molecule has 32 heavy (non-hydrogen) atoms. The van der Waals surface area contributed by atoms with Crippen LogP contribution in [0, 0.1) is 5.92 Å². The van der Waals surface area contributed by atoms with E-state index in [1.165, 1.54) is 0 Å². The Kier molecular flexibility index (Phi) is 7.22. The minimum Gasteiger partial charge on any atom is -0.454 e. The lowest BCUT2D eigenvalue weighted by Crippen LogP contribution is -2.46. The van der Waals surface area contributed by atoms with Crippen molar-refractivity contribution in [3.63, 3.8) is 0 Å². The molecule has 0 aromatic heterocycles. The molecule has 7 nitrogen and oxygen atoms in total. The van der Waals surface area contributed by atoms with Crippen molar-refractivity contribution in [1.82, 2.24) is 10.2 Å². The molecule has 1 fully saturated rings. The number of carbonyl (C=O) groups is 2. The molecule has 4 rings (SSSR count). The van der Waals surface area contributed by atoms with E-state index in [2.05, 4.69) is 10.3 Å². The zero-order chi connectivity index (χ0) is 22.5. The van der Waals surface area contributed by atoms with Crippen molar-refractivity contribution in [2.75, 3.05) is 19.9 Å². The highest BCUT2D eigenvalue weighted by atomic mass is 35.5. The zero-order valence-electron chi connectivity index (χ0n) is 17.5. The van der Waals surface area contributed by atoms with Crippen molar-refractivity contribution in [3.8, 4) is 0 Å². The first-order chi connectivity index (χ1) is 15.5. The first-order valence-corrected chi connectivity index (χ1v) is 11.4. The van der Waals surface area contributed by atoms with Crippen LogP contribution in [0.3, 0.4) is 0 Å². The Morgan fingerprint density at radius 1 is 1.22 bits per heavy atom. The Morgan fingerprint density at radius 2 is 2.03 bits per heavy atom. The molecule has 1 aliphatic carbocycles. The maximum atomic E-state index is 12.9. The fourth-order valence-corrected chi connectivity index (χ4v) is 4.32. The van der Waals surface area contributed by atoms with E-state index in [9.17, 15) is 9.59 Å². The van der Waals surface area contributed by atoms with Gasteiger partial charge in [-0.3, -0.25) is 14.5 Å². The van der Waals surface area contributed by atoms with E-state index in [-0.39, 0.29) is 23.7 Å². The van der Waals surface area contributed by atoms with Gasteiger partial charge >= 0.3 is 0 Å². The second-order valence-electron chi connectivity index (χ2n) is 7.73. The third kappa shape index (κ3) is 5.19. The van der Waals surface area contributed by atoms with Crippen LogP contribution in [-0.4, -0.2) is 47.4 Å². The third-order valence-electron chi connectivity index (χ3n) is 5.54. The highest BCUT2D eigenvalue weighted by Gasteiger charge is 2.38. The first kappa shape index (κ1) is 22.5.